The Morgan fingerprint density at radius 3 is 1.87 bits per heavy atom. The van der Waals surface area contributed by atoms with Crippen molar-refractivity contribution in [1.82, 2.24) is 10.6 Å². The lowest BCUT2D eigenvalue weighted by atomic mass is 10.2. The molecule has 0 spiro atoms. The van der Waals surface area contributed by atoms with Crippen LogP contribution in [0.2, 0.25) is 0 Å². The second-order valence-electron chi connectivity index (χ2n) is 4.10. The molecule has 0 bridgehead atoms. The highest BCUT2D eigenvalue weighted by Gasteiger charge is 2.04. The molecule has 0 fully saturated rings. The van der Waals surface area contributed by atoms with Gasteiger partial charge in [0, 0.05) is 0 Å². The number of nitrogens with two attached hydrogens (primary N) is 1. The van der Waals surface area contributed by atoms with Crippen LogP contribution >= 0.6 is 0 Å². The van der Waals surface area contributed by atoms with E-state index in [-0.39, 0.29) is 0 Å². The van der Waals surface area contributed by atoms with Crippen LogP contribution in [0.5, 0.6) is 0 Å². The zero-order valence-electron chi connectivity index (χ0n) is 10.5. The van der Waals surface area contributed by atoms with Crippen molar-refractivity contribution in [2.75, 3.05) is 19.6 Å². The fraction of sp³-hybridized carbons (Fsp3) is 1.00. The van der Waals surface area contributed by atoms with Crippen LogP contribution < -0.4 is 16.4 Å². The summed E-state index contributed by atoms with van der Waals surface area (Å²) in [5.74, 6) is 0. The van der Waals surface area contributed by atoms with Crippen LogP contribution in [-0.4, -0.2) is 25.8 Å². The minimum Gasteiger partial charge on any atom is -0.330 e. The monoisotopic (exact) mass is 215 g/mol. The summed E-state index contributed by atoms with van der Waals surface area (Å²) in [7, 11) is 0. The van der Waals surface area contributed by atoms with Crippen LogP contribution in [0.1, 0.15) is 52.4 Å². The summed E-state index contributed by atoms with van der Waals surface area (Å²) in [6, 6.07) is 0. The Morgan fingerprint density at radius 1 is 0.933 bits per heavy atom. The highest BCUT2D eigenvalue weighted by molar-refractivity contribution is 4.64. The van der Waals surface area contributed by atoms with Gasteiger partial charge in [-0.05, 0) is 45.3 Å². The molecule has 0 radical (unpaired) electrons. The van der Waals surface area contributed by atoms with E-state index in [1.54, 1.807) is 0 Å². The largest absolute Gasteiger partial charge is 0.330 e. The summed E-state index contributed by atoms with van der Waals surface area (Å²) < 4.78 is 0. The Hall–Kier alpha value is -0.120. The van der Waals surface area contributed by atoms with Crippen LogP contribution in [0.25, 0.3) is 0 Å². The third kappa shape index (κ3) is 10.2. The van der Waals surface area contributed by atoms with E-state index in [9.17, 15) is 0 Å². The van der Waals surface area contributed by atoms with E-state index < -0.39 is 0 Å². The first-order chi connectivity index (χ1) is 7.35. The van der Waals surface area contributed by atoms with E-state index in [1.165, 1.54) is 25.7 Å². The zero-order chi connectivity index (χ0) is 11.4. The lowest BCUT2D eigenvalue weighted by molar-refractivity contribution is 0.388. The fourth-order valence-corrected chi connectivity index (χ4v) is 1.50. The molecule has 0 aliphatic carbocycles. The van der Waals surface area contributed by atoms with E-state index in [2.05, 4.69) is 24.5 Å². The average Bonchev–Trinajstić information content (AvgIpc) is 2.25. The van der Waals surface area contributed by atoms with E-state index in [0.717, 1.165) is 32.5 Å². The molecule has 15 heavy (non-hydrogen) atoms. The molecule has 92 valence electrons. The second-order valence-corrected chi connectivity index (χ2v) is 4.10. The standard InChI is InChI=1S/C12H29N3/c1-3-5-10-14-12(8-7-9-13)15-11-6-4-2/h12,14-15H,3-11,13H2,1-2H3. The van der Waals surface area contributed by atoms with Crippen molar-refractivity contribution in [3.05, 3.63) is 0 Å². The molecule has 0 rings (SSSR count). The molecule has 0 aliphatic rings. The topological polar surface area (TPSA) is 50.1 Å². The normalized spacial score (nSPS) is 11.2. The molecule has 0 heterocycles. The summed E-state index contributed by atoms with van der Waals surface area (Å²) in [5.41, 5.74) is 5.53. The van der Waals surface area contributed by atoms with Gasteiger partial charge in [-0.3, -0.25) is 0 Å². The van der Waals surface area contributed by atoms with Crippen molar-refractivity contribution in [3.63, 3.8) is 0 Å². The van der Waals surface area contributed by atoms with Crippen LogP contribution in [0.15, 0.2) is 0 Å². The molecule has 0 aromatic rings. The van der Waals surface area contributed by atoms with Gasteiger partial charge >= 0.3 is 0 Å². The maximum Gasteiger partial charge on any atom is 0.0572 e. The van der Waals surface area contributed by atoms with Gasteiger partial charge in [-0.15, -0.1) is 0 Å². The summed E-state index contributed by atoms with van der Waals surface area (Å²) >= 11 is 0. The van der Waals surface area contributed by atoms with Crippen LogP contribution in [-0.2, 0) is 0 Å². The van der Waals surface area contributed by atoms with Crippen molar-refractivity contribution in [1.29, 1.82) is 0 Å². The Morgan fingerprint density at radius 2 is 1.47 bits per heavy atom. The van der Waals surface area contributed by atoms with Gasteiger partial charge in [-0.1, -0.05) is 26.7 Å². The number of rotatable bonds is 11. The number of hydrogen-bond acceptors (Lipinski definition) is 3. The molecule has 0 aliphatic heterocycles. The third-order valence-corrected chi connectivity index (χ3v) is 2.54. The van der Waals surface area contributed by atoms with Gasteiger partial charge < -0.3 is 16.4 Å². The first-order valence-corrected chi connectivity index (χ1v) is 6.52. The molecule has 3 nitrogen and oxygen atoms in total. The molecular weight excluding hydrogens is 186 g/mol. The van der Waals surface area contributed by atoms with Gasteiger partial charge in [-0.25, -0.2) is 0 Å². The Labute approximate surface area is 95.2 Å². The molecule has 0 atom stereocenters. The molecule has 4 N–H and O–H groups in total. The van der Waals surface area contributed by atoms with Crippen LogP contribution in [0.4, 0.5) is 0 Å². The maximum absolute atomic E-state index is 5.53. The zero-order valence-corrected chi connectivity index (χ0v) is 10.5. The molecule has 0 saturated carbocycles. The van der Waals surface area contributed by atoms with Crippen LogP contribution in [0, 0.1) is 0 Å². The Bertz CT molecular complexity index is 107. The van der Waals surface area contributed by atoms with Gasteiger partial charge in [0.15, 0.2) is 0 Å². The molecule has 3 heteroatoms. The number of unbranched alkanes of at least 4 members (excludes halogenated alkanes) is 2. The van der Waals surface area contributed by atoms with Gasteiger partial charge in [0.1, 0.15) is 0 Å². The lowest BCUT2D eigenvalue weighted by Crippen LogP contribution is -2.43. The van der Waals surface area contributed by atoms with Crippen LogP contribution in [0.3, 0.4) is 0 Å². The first kappa shape index (κ1) is 14.9. The Balaban J connectivity index is 3.53. The predicted molar refractivity (Wildman–Crippen MR) is 67.9 cm³/mol. The number of nitrogens with one attached hydrogen (secondary N) is 2. The second kappa shape index (κ2) is 12.0. The van der Waals surface area contributed by atoms with Crippen molar-refractivity contribution in [2.45, 2.75) is 58.5 Å². The summed E-state index contributed by atoms with van der Waals surface area (Å²) in [6.07, 6.45) is 7.74. The smallest absolute Gasteiger partial charge is 0.0572 e. The van der Waals surface area contributed by atoms with Gasteiger partial charge in [0.05, 0.1) is 6.17 Å². The van der Waals surface area contributed by atoms with E-state index in [4.69, 9.17) is 5.73 Å². The van der Waals surface area contributed by atoms with Gasteiger partial charge in [0.2, 0.25) is 0 Å². The van der Waals surface area contributed by atoms with Crippen molar-refractivity contribution in [2.24, 2.45) is 5.73 Å². The molecular formula is C12H29N3. The maximum atomic E-state index is 5.53. The van der Waals surface area contributed by atoms with Crippen molar-refractivity contribution >= 4 is 0 Å². The minimum absolute atomic E-state index is 0.464. The van der Waals surface area contributed by atoms with E-state index in [0.29, 0.717) is 6.17 Å². The fourth-order valence-electron chi connectivity index (χ4n) is 1.50. The summed E-state index contributed by atoms with van der Waals surface area (Å²) in [4.78, 5) is 0. The highest BCUT2D eigenvalue weighted by atomic mass is 15.1. The minimum atomic E-state index is 0.464. The first-order valence-electron chi connectivity index (χ1n) is 6.52. The van der Waals surface area contributed by atoms with Crippen molar-refractivity contribution in [3.8, 4) is 0 Å². The highest BCUT2D eigenvalue weighted by Crippen LogP contribution is 1.95. The molecule has 0 aromatic heterocycles. The van der Waals surface area contributed by atoms with E-state index >= 15 is 0 Å². The molecule has 0 saturated heterocycles. The van der Waals surface area contributed by atoms with E-state index in [1.807, 2.05) is 0 Å². The lowest BCUT2D eigenvalue weighted by Gasteiger charge is -2.20. The molecule has 0 unspecified atom stereocenters. The Kier molecular flexibility index (Phi) is 11.9. The molecule has 0 amide bonds. The third-order valence-electron chi connectivity index (χ3n) is 2.54. The molecule has 0 aromatic carbocycles. The predicted octanol–water partition coefficient (Wildman–Crippen LogP) is 1.83. The van der Waals surface area contributed by atoms with Gasteiger partial charge in [0.25, 0.3) is 0 Å². The number of hydrogen-bond donors (Lipinski definition) is 3. The summed E-state index contributed by atoms with van der Waals surface area (Å²) in [5, 5.41) is 7.10. The van der Waals surface area contributed by atoms with Crippen molar-refractivity contribution < 1.29 is 0 Å². The summed E-state index contributed by atoms with van der Waals surface area (Å²) in [6.45, 7) is 7.47. The SMILES string of the molecule is CCCCNC(CCCN)NCCCC. The quantitative estimate of drug-likeness (QED) is 0.364. The average molecular weight is 215 g/mol. The van der Waals surface area contributed by atoms with Gasteiger partial charge in [-0.2, -0.15) is 0 Å².